The number of rotatable bonds is 6. The summed E-state index contributed by atoms with van der Waals surface area (Å²) in [6.45, 7) is 0.0941. The van der Waals surface area contributed by atoms with Crippen molar-refractivity contribution in [2.75, 3.05) is 11.6 Å². The fraction of sp³-hybridized carbons (Fsp3) is 0.545. The maximum absolute atomic E-state index is 11.8. The van der Waals surface area contributed by atoms with Crippen molar-refractivity contribution in [1.82, 2.24) is 30.7 Å². The highest BCUT2D eigenvalue weighted by Crippen LogP contribution is 2.41. The molecule has 1 fully saturated rings. The number of carbonyl (C=O) groups is 1. The van der Waals surface area contributed by atoms with Crippen molar-refractivity contribution in [3.8, 4) is 0 Å². The Balaban J connectivity index is 1.48. The van der Waals surface area contributed by atoms with Crippen LogP contribution in [0.3, 0.4) is 0 Å². The van der Waals surface area contributed by atoms with E-state index in [0.717, 1.165) is 24.1 Å². The van der Waals surface area contributed by atoms with E-state index in [-0.39, 0.29) is 18.1 Å². The molecule has 3 N–H and O–H groups in total. The van der Waals surface area contributed by atoms with Crippen molar-refractivity contribution in [1.29, 1.82) is 0 Å². The molecule has 23 heavy (non-hydrogen) atoms. The minimum atomic E-state index is -3.19. The minimum absolute atomic E-state index is 0.0941. The van der Waals surface area contributed by atoms with Crippen molar-refractivity contribution < 1.29 is 13.2 Å². The van der Waals surface area contributed by atoms with Crippen LogP contribution in [0.25, 0.3) is 0 Å². The number of urea groups is 1. The van der Waals surface area contributed by atoms with E-state index in [1.165, 1.54) is 11.3 Å². The Kier molecular flexibility index (Phi) is 4.26. The molecule has 0 atom stereocenters. The molecule has 0 aromatic carbocycles. The standard InChI is InChI=1S/C11H15N7O3S2/c1-23(20,21)5-8-13-7(15-16-8)4-12-10(19)14-11-18-17-9(22-11)6-2-3-6/h6H,2-5H2,1H3,(H,13,15,16)(H2,12,14,18,19). The average molecular weight is 357 g/mol. The van der Waals surface area contributed by atoms with Crippen molar-refractivity contribution in [2.24, 2.45) is 0 Å². The SMILES string of the molecule is CS(=O)(=O)Cc1n[nH]c(CNC(=O)Nc2nnc(C3CC3)s2)n1. The van der Waals surface area contributed by atoms with Gasteiger partial charge in [-0.25, -0.2) is 18.2 Å². The molecular weight excluding hydrogens is 342 g/mol. The Bertz CT molecular complexity index is 809. The van der Waals surface area contributed by atoms with Crippen molar-refractivity contribution in [3.05, 3.63) is 16.7 Å². The Labute approximate surface area is 136 Å². The van der Waals surface area contributed by atoms with E-state index in [4.69, 9.17) is 0 Å². The number of carbonyl (C=O) groups excluding carboxylic acids is 1. The summed E-state index contributed by atoms with van der Waals surface area (Å²) in [5.74, 6) is 0.788. The quantitative estimate of drug-likeness (QED) is 0.679. The van der Waals surface area contributed by atoms with E-state index >= 15 is 0 Å². The molecule has 12 heteroatoms. The molecule has 2 aromatic heterocycles. The second-order valence-electron chi connectivity index (χ2n) is 5.30. The number of nitrogens with one attached hydrogen (secondary N) is 3. The first kappa shape index (κ1) is 15.8. The number of aromatic amines is 1. The number of amides is 2. The lowest BCUT2D eigenvalue weighted by Gasteiger charge is -2.02. The van der Waals surface area contributed by atoms with Crippen molar-refractivity contribution in [3.63, 3.8) is 0 Å². The average Bonchev–Trinajstić information content (AvgIpc) is 3.05. The van der Waals surface area contributed by atoms with Crippen molar-refractivity contribution in [2.45, 2.75) is 31.1 Å². The molecule has 0 radical (unpaired) electrons. The van der Waals surface area contributed by atoms with E-state index in [1.807, 2.05) is 0 Å². The van der Waals surface area contributed by atoms with Crippen LogP contribution in [0.5, 0.6) is 0 Å². The molecular formula is C11H15N7O3S2. The van der Waals surface area contributed by atoms with Crippen LogP contribution in [0, 0.1) is 0 Å². The van der Waals surface area contributed by atoms with Gasteiger partial charge in [0.25, 0.3) is 0 Å². The molecule has 1 aliphatic carbocycles. The maximum atomic E-state index is 11.8. The Morgan fingerprint density at radius 2 is 2.17 bits per heavy atom. The number of sulfone groups is 1. The molecule has 124 valence electrons. The first-order chi connectivity index (χ1) is 10.9. The van der Waals surface area contributed by atoms with Crippen LogP contribution < -0.4 is 10.6 Å². The summed E-state index contributed by atoms with van der Waals surface area (Å²) in [6.07, 6.45) is 3.36. The summed E-state index contributed by atoms with van der Waals surface area (Å²) >= 11 is 1.37. The molecule has 0 unspecified atom stereocenters. The zero-order chi connectivity index (χ0) is 16.4. The highest BCUT2D eigenvalue weighted by atomic mass is 32.2. The van der Waals surface area contributed by atoms with Crippen LogP contribution in [0.4, 0.5) is 9.93 Å². The monoisotopic (exact) mass is 357 g/mol. The Morgan fingerprint density at radius 3 is 2.87 bits per heavy atom. The van der Waals surface area contributed by atoms with Gasteiger partial charge in [-0.2, -0.15) is 5.10 Å². The number of aromatic nitrogens is 5. The van der Waals surface area contributed by atoms with Crippen molar-refractivity contribution >= 4 is 32.3 Å². The van der Waals surface area contributed by atoms with E-state index < -0.39 is 15.9 Å². The van der Waals surface area contributed by atoms with E-state index in [9.17, 15) is 13.2 Å². The summed E-state index contributed by atoms with van der Waals surface area (Å²) < 4.78 is 22.3. The molecule has 0 spiro atoms. The van der Waals surface area contributed by atoms with E-state index in [1.54, 1.807) is 0 Å². The number of hydrogen-bond donors (Lipinski definition) is 3. The largest absolute Gasteiger partial charge is 0.331 e. The third-order valence-electron chi connectivity index (χ3n) is 2.97. The lowest BCUT2D eigenvalue weighted by Crippen LogP contribution is -2.28. The van der Waals surface area contributed by atoms with Gasteiger partial charge in [-0.05, 0) is 12.8 Å². The molecule has 2 aromatic rings. The molecule has 10 nitrogen and oxygen atoms in total. The molecule has 0 bridgehead atoms. The van der Waals surface area contributed by atoms with E-state index in [2.05, 4.69) is 36.0 Å². The molecule has 0 aliphatic heterocycles. The second kappa shape index (κ2) is 6.20. The Morgan fingerprint density at radius 1 is 1.39 bits per heavy atom. The number of anilines is 1. The summed E-state index contributed by atoms with van der Waals surface area (Å²) in [7, 11) is -3.19. The van der Waals surface area contributed by atoms with Gasteiger partial charge in [0, 0.05) is 12.2 Å². The van der Waals surface area contributed by atoms with Gasteiger partial charge in [0.1, 0.15) is 16.6 Å². The van der Waals surface area contributed by atoms with Gasteiger partial charge in [-0.1, -0.05) is 11.3 Å². The first-order valence-electron chi connectivity index (χ1n) is 6.85. The molecule has 1 aliphatic rings. The van der Waals surface area contributed by atoms with Crippen LogP contribution in [-0.4, -0.2) is 46.1 Å². The summed E-state index contributed by atoms with van der Waals surface area (Å²) in [5, 5.41) is 20.9. The summed E-state index contributed by atoms with van der Waals surface area (Å²) in [5.41, 5.74) is 0. The highest BCUT2D eigenvalue weighted by Gasteiger charge is 2.27. The van der Waals surface area contributed by atoms with Gasteiger partial charge in [0.15, 0.2) is 15.7 Å². The van der Waals surface area contributed by atoms with E-state index in [0.29, 0.717) is 16.9 Å². The fourth-order valence-electron chi connectivity index (χ4n) is 1.80. The molecule has 1 saturated carbocycles. The van der Waals surface area contributed by atoms with Crippen LogP contribution in [0.15, 0.2) is 0 Å². The Hall–Kier alpha value is -2.08. The highest BCUT2D eigenvalue weighted by molar-refractivity contribution is 7.89. The zero-order valence-electron chi connectivity index (χ0n) is 12.2. The molecule has 3 rings (SSSR count). The number of hydrogen-bond acceptors (Lipinski definition) is 8. The first-order valence-corrected chi connectivity index (χ1v) is 9.73. The molecule has 0 saturated heterocycles. The van der Waals surface area contributed by atoms with Crippen LogP contribution in [0.2, 0.25) is 0 Å². The normalized spacial score (nSPS) is 14.7. The van der Waals surface area contributed by atoms with Gasteiger partial charge in [-0.3, -0.25) is 10.4 Å². The number of H-pyrrole nitrogens is 1. The van der Waals surface area contributed by atoms with Gasteiger partial charge in [-0.15, -0.1) is 10.2 Å². The van der Waals surface area contributed by atoms with Gasteiger partial charge >= 0.3 is 6.03 Å². The van der Waals surface area contributed by atoms with Crippen LogP contribution in [0.1, 0.15) is 35.4 Å². The fourth-order valence-corrected chi connectivity index (χ4v) is 3.30. The third-order valence-corrected chi connectivity index (χ3v) is 4.76. The number of nitrogens with zero attached hydrogens (tertiary/aromatic N) is 4. The van der Waals surface area contributed by atoms with Crippen LogP contribution in [-0.2, 0) is 22.1 Å². The van der Waals surface area contributed by atoms with Crippen LogP contribution >= 0.6 is 11.3 Å². The lowest BCUT2D eigenvalue weighted by atomic mass is 10.5. The molecule has 2 amide bonds. The minimum Gasteiger partial charge on any atom is -0.331 e. The zero-order valence-corrected chi connectivity index (χ0v) is 13.9. The van der Waals surface area contributed by atoms with Gasteiger partial charge < -0.3 is 5.32 Å². The second-order valence-corrected chi connectivity index (χ2v) is 8.45. The summed E-state index contributed by atoms with van der Waals surface area (Å²) in [6, 6.07) is -0.440. The maximum Gasteiger partial charge on any atom is 0.321 e. The third kappa shape index (κ3) is 4.69. The molecule has 2 heterocycles. The lowest BCUT2D eigenvalue weighted by molar-refractivity contribution is 0.251. The summed E-state index contributed by atoms with van der Waals surface area (Å²) in [4.78, 5) is 15.8. The smallest absolute Gasteiger partial charge is 0.321 e. The predicted molar refractivity (Wildman–Crippen MR) is 82.7 cm³/mol. The topological polar surface area (TPSA) is 143 Å². The van der Waals surface area contributed by atoms with Gasteiger partial charge in [0.05, 0.1) is 6.54 Å². The predicted octanol–water partition coefficient (Wildman–Crippen LogP) is 0.400. The van der Waals surface area contributed by atoms with Gasteiger partial charge in [0.2, 0.25) is 5.13 Å².